The van der Waals surface area contributed by atoms with Gasteiger partial charge in [0.15, 0.2) is 6.20 Å². The molecule has 0 spiro atoms. The third-order valence-electron chi connectivity index (χ3n) is 3.57. The molecule has 0 atom stereocenters. The molecule has 0 aliphatic rings. The summed E-state index contributed by atoms with van der Waals surface area (Å²) in [6, 6.07) is 25.6. The topological polar surface area (TPSA) is 3.88 Å². The van der Waals surface area contributed by atoms with E-state index in [1.54, 1.807) is 0 Å². The Kier molecular flexibility index (Phi) is 3.60. The summed E-state index contributed by atoms with van der Waals surface area (Å²) in [5.74, 6) is 0. The van der Waals surface area contributed by atoms with E-state index in [-0.39, 0.29) is 0 Å². The molecule has 1 heteroatoms. The number of rotatable bonds is 3. The van der Waals surface area contributed by atoms with Crippen molar-refractivity contribution < 1.29 is 4.57 Å². The van der Waals surface area contributed by atoms with Crippen LogP contribution in [0.2, 0.25) is 0 Å². The highest BCUT2D eigenvalue weighted by atomic mass is 14.9. The maximum atomic E-state index is 2.26. The molecule has 0 aliphatic carbocycles. The van der Waals surface area contributed by atoms with Crippen LogP contribution in [0, 0.1) is 0 Å². The Labute approximate surface area is 120 Å². The quantitative estimate of drug-likeness (QED) is 0.617. The van der Waals surface area contributed by atoms with Gasteiger partial charge in [-0.15, -0.1) is 0 Å². The molecule has 3 aromatic rings. The molecule has 1 aromatic heterocycles. The molecule has 3 rings (SSSR count). The van der Waals surface area contributed by atoms with Gasteiger partial charge in [0.2, 0.25) is 5.69 Å². The van der Waals surface area contributed by atoms with E-state index in [0.717, 1.165) is 6.54 Å². The van der Waals surface area contributed by atoms with Gasteiger partial charge in [0.05, 0.1) is 0 Å². The van der Waals surface area contributed by atoms with Crippen LogP contribution >= 0.6 is 0 Å². The first-order valence-electron chi connectivity index (χ1n) is 7.03. The van der Waals surface area contributed by atoms with E-state index in [2.05, 4.69) is 84.4 Å². The van der Waals surface area contributed by atoms with Crippen LogP contribution in [-0.4, -0.2) is 0 Å². The monoisotopic (exact) mass is 260 g/mol. The Morgan fingerprint density at radius 1 is 0.650 bits per heavy atom. The highest BCUT2D eigenvalue weighted by Crippen LogP contribution is 2.22. The number of hydrogen-bond acceptors (Lipinski definition) is 0. The second-order valence-corrected chi connectivity index (χ2v) is 4.82. The highest BCUT2D eigenvalue weighted by molar-refractivity contribution is 5.67. The Hall–Kier alpha value is -2.41. The van der Waals surface area contributed by atoms with Crippen LogP contribution in [-0.2, 0) is 6.54 Å². The first-order valence-corrected chi connectivity index (χ1v) is 7.03. The van der Waals surface area contributed by atoms with Gasteiger partial charge in [0.25, 0.3) is 0 Å². The smallest absolute Gasteiger partial charge is 0.199 e. The number of hydrogen-bond donors (Lipinski definition) is 0. The molecule has 0 unspecified atom stereocenters. The van der Waals surface area contributed by atoms with Crippen LogP contribution in [0.3, 0.4) is 0 Å². The summed E-state index contributed by atoms with van der Waals surface area (Å²) in [6.45, 7) is 3.15. The van der Waals surface area contributed by atoms with Crippen LogP contribution < -0.4 is 4.57 Å². The van der Waals surface area contributed by atoms with Gasteiger partial charge >= 0.3 is 0 Å². The summed E-state index contributed by atoms with van der Waals surface area (Å²) in [5.41, 5.74) is 5.03. The Bertz CT molecular complexity index is 684. The summed E-state index contributed by atoms with van der Waals surface area (Å²) in [7, 11) is 0. The SMILES string of the molecule is CC[n+]1ccccc1-c1ccc(-c2ccccc2)cc1. The van der Waals surface area contributed by atoms with E-state index in [1.807, 2.05) is 6.07 Å². The maximum Gasteiger partial charge on any atom is 0.212 e. The summed E-state index contributed by atoms with van der Waals surface area (Å²) in [6.07, 6.45) is 2.13. The molecule has 0 fully saturated rings. The van der Waals surface area contributed by atoms with Crippen molar-refractivity contribution in [1.82, 2.24) is 0 Å². The summed E-state index contributed by atoms with van der Waals surface area (Å²) < 4.78 is 2.26. The van der Waals surface area contributed by atoms with Crippen molar-refractivity contribution in [2.24, 2.45) is 0 Å². The minimum absolute atomic E-state index is 0.983. The van der Waals surface area contributed by atoms with E-state index < -0.39 is 0 Å². The predicted molar refractivity (Wildman–Crippen MR) is 83.2 cm³/mol. The van der Waals surface area contributed by atoms with Crippen LogP contribution in [0.1, 0.15) is 6.92 Å². The van der Waals surface area contributed by atoms with Crippen molar-refractivity contribution >= 4 is 0 Å². The molecule has 0 aliphatic heterocycles. The Morgan fingerprint density at radius 2 is 1.25 bits per heavy atom. The summed E-state index contributed by atoms with van der Waals surface area (Å²) in [4.78, 5) is 0. The van der Waals surface area contributed by atoms with Gasteiger partial charge in [0, 0.05) is 17.7 Å². The maximum absolute atomic E-state index is 2.26. The van der Waals surface area contributed by atoms with Crippen molar-refractivity contribution in [3.63, 3.8) is 0 Å². The van der Waals surface area contributed by atoms with Crippen LogP contribution in [0.15, 0.2) is 79.0 Å². The molecule has 0 radical (unpaired) electrons. The molecule has 0 saturated heterocycles. The van der Waals surface area contributed by atoms with E-state index in [1.165, 1.54) is 22.4 Å². The molecule has 0 bridgehead atoms. The molecule has 98 valence electrons. The van der Waals surface area contributed by atoms with Crippen molar-refractivity contribution in [2.45, 2.75) is 13.5 Å². The van der Waals surface area contributed by atoms with E-state index in [9.17, 15) is 0 Å². The standard InChI is InChI=1S/C19H18N/c1-2-20-15-7-6-10-19(20)18-13-11-17(12-14-18)16-8-4-3-5-9-16/h3-15H,2H2,1H3/q+1. The lowest BCUT2D eigenvalue weighted by Crippen LogP contribution is -2.34. The Morgan fingerprint density at radius 3 is 1.95 bits per heavy atom. The van der Waals surface area contributed by atoms with Crippen LogP contribution in [0.25, 0.3) is 22.4 Å². The number of aryl methyl sites for hydroxylation is 1. The number of aromatic nitrogens is 1. The van der Waals surface area contributed by atoms with Crippen LogP contribution in [0.5, 0.6) is 0 Å². The van der Waals surface area contributed by atoms with Crippen molar-refractivity contribution in [3.05, 3.63) is 79.0 Å². The molecule has 2 aromatic carbocycles. The van der Waals surface area contributed by atoms with Gasteiger partial charge < -0.3 is 0 Å². The summed E-state index contributed by atoms with van der Waals surface area (Å²) in [5, 5.41) is 0. The minimum atomic E-state index is 0.983. The lowest BCUT2D eigenvalue weighted by molar-refractivity contribution is -0.682. The van der Waals surface area contributed by atoms with Gasteiger partial charge in [-0.2, -0.15) is 4.57 Å². The Balaban J connectivity index is 1.98. The number of nitrogens with zero attached hydrogens (tertiary/aromatic N) is 1. The molecular formula is C19H18N+. The third-order valence-corrected chi connectivity index (χ3v) is 3.57. The normalized spacial score (nSPS) is 10.4. The van der Waals surface area contributed by atoms with E-state index >= 15 is 0 Å². The highest BCUT2D eigenvalue weighted by Gasteiger charge is 2.09. The fourth-order valence-electron chi connectivity index (χ4n) is 2.48. The number of benzene rings is 2. The lowest BCUT2D eigenvalue weighted by Gasteiger charge is -2.04. The second kappa shape index (κ2) is 5.70. The molecule has 1 nitrogen and oxygen atoms in total. The van der Waals surface area contributed by atoms with Gasteiger partial charge in [-0.1, -0.05) is 42.5 Å². The van der Waals surface area contributed by atoms with Crippen molar-refractivity contribution in [3.8, 4) is 22.4 Å². The van der Waals surface area contributed by atoms with Gasteiger partial charge in [-0.05, 0) is 36.2 Å². The zero-order valence-electron chi connectivity index (χ0n) is 11.7. The minimum Gasteiger partial charge on any atom is -0.199 e. The van der Waals surface area contributed by atoms with Gasteiger partial charge in [-0.3, -0.25) is 0 Å². The zero-order chi connectivity index (χ0) is 13.8. The fraction of sp³-hybridized carbons (Fsp3) is 0.105. The van der Waals surface area contributed by atoms with Crippen molar-refractivity contribution in [2.75, 3.05) is 0 Å². The molecule has 20 heavy (non-hydrogen) atoms. The van der Waals surface area contributed by atoms with Crippen LogP contribution in [0.4, 0.5) is 0 Å². The second-order valence-electron chi connectivity index (χ2n) is 4.82. The lowest BCUT2D eigenvalue weighted by atomic mass is 10.0. The number of pyridine rings is 1. The van der Waals surface area contributed by atoms with Gasteiger partial charge in [0.1, 0.15) is 6.54 Å². The predicted octanol–water partition coefficient (Wildman–Crippen LogP) is 4.33. The molecule has 0 saturated carbocycles. The zero-order valence-corrected chi connectivity index (χ0v) is 11.7. The van der Waals surface area contributed by atoms with Gasteiger partial charge in [-0.25, -0.2) is 0 Å². The first-order chi connectivity index (χ1) is 9.88. The molecule has 0 N–H and O–H groups in total. The average Bonchev–Trinajstić information content (AvgIpc) is 2.56. The third kappa shape index (κ3) is 2.48. The van der Waals surface area contributed by atoms with E-state index in [4.69, 9.17) is 0 Å². The molecular weight excluding hydrogens is 242 g/mol. The summed E-state index contributed by atoms with van der Waals surface area (Å²) >= 11 is 0. The largest absolute Gasteiger partial charge is 0.212 e. The first kappa shape index (κ1) is 12.6. The fourth-order valence-corrected chi connectivity index (χ4v) is 2.48. The van der Waals surface area contributed by atoms with Crippen molar-refractivity contribution in [1.29, 1.82) is 0 Å². The molecule has 1 heterocycles. The average molecular weight is 260 g/mol. The molecule has 0 amide bonds. The van der Waals surface area contributed by atoms with E-state index in [0.29, 0.717) is 0 Å².